The van der Waals surface area contributed by atoms with E-state index in [1.54, 1.807) is 17.5 Å². The van der Waals surface area contributed by atoms with Crippen molar-refractivity contribution in [3.63, 3.8) is 0 Å². The quantitative estimate of drug-likeness (QED) is 0.429. The van der Waals surface area contributed by atoms with Gasteiger partial charge >= 0.3 is 0 Å². The van der Waals surface area contributed by atoms with Crippen LogP contribution in [0.4, 0.5) is 11.4 Å². The van der Waals surface area contributed by atoms with Crippen LogP contribution in [0, 0.1) is 10.1 Å². The number of nitrogens with one attached hydrogen (secondary N) is 1. The van der Waals surface area contributed by atoms with Gasteiger partial charge in [-0.15, -0.1) is 34.9 Å². The van der Waals surface area contributed by atoms with E-state index in [9.17, 15) is 14.9 Å². The van der Waals surface area contributed by atoms with Gasteiger partial charge in [-0.05, 0) is 17.7 Å². The van der Waals surface area contributed by atoms with Crippen molar-refractivity contribution in [1.82, 2.24) is 4.98 Å². The van der Waals surface area contributed by atoms with E-state index in [1.807, 2.05) is 41.7 Å². The molecule has 1 fully saturated rings. The molecule has 1 aromatic heterocycles. The highest BCUT2D eigenvalue weighted by molar-refractivity contribution is 8.19. The molecule has 0 atom stereocenters. The normalized spacial score (nSPS) is 14.1. The van der Waals surface area contributed by atoms with E-state index >= 15 is 0 Å². The summed E-state index contributed by atoms with van der Waals surface area (Å²) in [6, 6.07) is 14.1. The van der Waals surface area contributed by atoms with Gasteiger partial charge in [0.1, 0.15) is 10.7 Å². The average molecular weight is 430 g/mol. The second-order valence-electron chi connectivity index (χ2n) is 6.00. The number of aromatic nitrogens is 1. The molecule has 2 heterocycles. The number of anilines is 1. The molecule has 1 aliphatic heterocycles. The maximum absolute atomic E-state index is 12.6. The molecule has 0 radical (unpaired) electrons. The number of amides is 1. The third kappa shape index (κ3) is 4.21. The highest BCUT2D eigenvalue weighted by Crippen LogP contribution is 2.45. The van der Waals surface area contributed by atoms with Gasteiger partial charge in [0.25, 0.3) is 11.6 Å². The van der Waals surface area contributed by atoms with Crippen molar-refractivity contribution in [2.24, 2.45) is 0 Å². The second kappa shape index (κ2) is 8.34. The molecule has 3 aromatic rings. The fourth-order valence-electron chi connectivity index (χ4n) is 2.77. The number of thioether (sulfide) groups is 2. The Bertz CT molecular complexity index is 1030. The van der Waals surface area contributed by atoms with Gasteiger partial charge in [0.2, 0.25) is 0 Å². The number of thiazole rings is 1. The Balaban J connectivity index is 1.50. The zero-order valence-electron chi connectivity index (χ0n) is 14.5. The lowest BCUT2D eigenvalue weighted by molar-refractivity contribution is -0.384. The third-order valence-electron chi connectivity index (χ3n) is 4.08. The average Bonchev–Trinajstić information content (AvgIpc) is 3.40. The number of nitro benzene ring substituents is 1. The topological polar surface area (TPSA) is 85.1 Å². The molecule has 1 N–H and O–H groups in total. The Morgan fingerprint density at radius 3 is 2.71 bits per heavy atom. The van der Waals surface area contributed by atoms with E-state index in [0.29, 0.717) is 20.8 Å². The van der Waals surface area contributed by atoms with Gasteiger partial charge in [-0.2, -0.15) is 0 Å². The molecule has 1 amide bonds. The lowest BCUT2D eigenvalue weighted by atomic mass is 10.2. The summed E-state index contributed by atoms with van der Waals surface area (Å²) < 4.78 is 0.414. The zero-order valence-corrected chi connectivity index (χ0v) is 17.0. The molecule has 0 saturated carbocycles. The molecule has 0 aliphatic carbocycles. The van der Waals surface area contributed by atoms with Crippen molar-refractivity contribution in [2.45, 2.75) is 4.58 Å². The summed E-state index contributed by atoms with van der Waals surface area (Å²) in [7, 11) is 0. The summed E-state index contributed by atoms with van der Waals surface area (Å²) in [5.41, 5.74) is 2.84. The van der Waals surface area contributed by atoms with Crippen LogP contribution in [0.1, 0.15) is 20.6 Å². The maximum Gasteiger partial charge on any atom is 0.275 e. The fourth-order valence-corrected chi connectivity index (χ4v) is 6.41. The Morgan fingerprint density at radius 1 is 1.14 bits per heavy atom. The SMILES string of the molecule is O=C(Nc1cccc(C2SCCS2)c1)c1csc(-c2cccc([N+](=O)[O-])c2)n1. The molecule has 2 aromatic carbocycles. The summed E-state index contributed by atoms with van der Waals surface area (Å²) in [6.45, 7) is 0. The fraction of sp³-hybridized carbons (Fsp3) is 0.158. The molecule has 1 saturated heterocycles. The molecule has 6 nitrogen and oxygen atoms in total. The number of nitrogens with zero attached hydrogens (tertiary/aromatic N) is 2. The molecule has 9 heteroatoms. The van der Waals surface area contributed by atoms with E-state index in [4.69, 9.17) is 0 Å². The Morgan fingerprint density at radius 2 is 1.93 bits per heavy atom. The summed E-state index contributed by atoms with van der Waals surface area (Å²) in [5.74, 6) is 1.99. The first-order valence-corrected chi connectivity index (χ1v) is 11.4. The van der Waals surface area contributed by atoms with Crippen LogP contribution in [0.5, 0.6) is 0 Å². The van der Waals surface area contributed by atoms with Crippen LogP contribution in [0.25, 0.3) is 10.6 Å². The highest BCUT2D eigenvalue weighted by Gasteiger charge is 2.19. The Kier molecular flexibility index (Phi) is 5.65. The number of carbonyl (C=O) groups is 1. The van der Waals surface area contributed by atoms with Crippen molar-refractivity contribution < 1.29 is 9.72 Å². The Hall–Kier alpha value is -2.36. The monoisotopic (exact) mass is 429 g/mol. The smallest absolute Gasteiger partial charge is 0.275 e. The molecule has 0 unspecified atom stereocenters. The van der Waals surface area contributed by atoms with Gasteiger partial charge in [-0.1, -0.05) is 24.3 Å². The number of nitro groups is 1. The first-order valence-electron chi connectivity index (χ1n) is 8.45. The minimum Gasteiger partial charge on any atom is -0.321 e. The van der Waals surface area contributed by atoms with Crippen LogP contribution in [-0.2, 0) is 0 Å². The van der Waals surface area contributed by atoms with Crippen LogP contribution in [-0.4, -0.2) is 27.3 Å². The van der Waals surface area contributed by atoms with Crippen LogP contribution in [0.15, 0.2) is 53.9 Å². The molecule has 4 rings (SSSR count). The van der Waals surface area contributed by atoms with Gasteiger partial charge in [0.15, 0.2) is 0 Å². The van der Waals surface area contributed by atoms with Gasteiger partial charge in [0.05, 0.1) is 9.51 Å². The van der Waals surface area contributed by atoms with E-state index in [2.05, 4.69) is 16.4 Å². The van der Waals surface area contributed by atoms with Gasteiger partial charge in [-0.25, -0.2) is 4.98 Å². The van der Waals surface area contributed by atoms with Gasteiger partial charge in [-0.3, -0.25) is 14.9 Å². The van der Waals surface area contributed by atoms with Crippen molar-refractivity contribution >= 4 is 52.1 Å². The molecule has 0 bridgehead atoms. The van der Waals surface area contributed by atoms with Crippen molar-refractivity contribution in [3.05, 3.63) is 75.3 Å². The number of carbonyl (C=O) groups excluding carboxylic acids is 1. The lowest BCUT2D eigenvalue weighted by Crippen LogP contribution is -2.12. The number of hydrogen-bond donors (Lipinski definition) is 1. The first-order chi connectivity index (χ1) is 13.6. The molecule has 142 valence electrons. The van der Waals surface area contributed by atoms with E-state index in [-0.39, 0.29) is 11.6 Å². The van der Waals surface area contributed by atoms with E-state index in [1.165, 1.54) is 29.0 Å². The molecular formula is C19H15N3O3S3. The van der Waals surface area contributed by atoms with Crippen molar-refractivity contribution in [3.8, 4) is 10.6 Å². The standard InChI is InChI=1S/C19H15N3O3S3/c23-17(20-14-5-1-4-13(9-14)19-26-7-8-27-19)16-11-28-18(21-16)12-3-2-6-15(10-12)22(24)25/h1-6,9-11,19H,7-8H2,(H,20,23). The molecular weight excluding hydrogens is 414 g/mol. The molecule has 28 heavy (non-hydrogen) atoms. The highest BCUT2D eigenvalue weighted by atomic mass is 32.2. The second-order valence-corrected chi connectivity index (χ2v) is 9.58. The third-order valence-corrected chi connectivity index (χ3v) is 8.07. The summed E-state index contributed by atoms with van der Waals surface area (Å²) in [6.07, 6.45) is 0. The van der Waals surface area contributed by atoms with Crippen LogP contribution in [0.3, 0.4) is 0 Å². The number of non-ortho nitro benzene ring substituents is 1. The molecule has 0 spiro atoms. The largest absolute Gasteiger partial charge is 0.321 e. The lowest BCUT2D eigenvalue weighted by Gasteiger charge is -2.10. The van der Waals surface area contributed by atoms with Crippen LogP contribution < -0.4 is 5.32 Å². The minimum atomic E-state index is -0.446. The number of rotatable bonds is 5. The predicted molar refractivity (Wildman–Crippen MR) is 116 cm³/mol. The van der Waals surface area contributed by atoms with E-state index in [0.717, 1.165) is 17.2 Å². The molecule has 1 aliphatic rings. The minimum absolute atomic E-state index is 0.00170. The van der Waals surface area contributed by atoms with Gasteiger partial charge < -0.3 is 5.32 Å². The van der Waals surface area contributed by atoms with Crippen LogP contribution in [0.2, 0.25) is 0 Å². The predicted octanol–water partition coefficient (Wildman–Crippen LogP) is 5.45. The van der Waals surface area contributed by atoms with Crippen LogP contribution >= 0.6 is 34.9 Å². The number of hydrogen-bond acceptors (Lipinski definition) is 7. The Labute approximate surface area is 173 Å². The zero-order chi connectivity index (χ0) is 19.5. The first kappa shape index (κ1) is 19.0. The van der Waals surface area contributed by atoms with E-state index < -0.39 is 4.92 Å². The number of benzene rings is 2. The maximum atomic E-state index is 12.6. The summed E-state index contributed by atoms with van der Waals surface area (Å²) in [5, 5.41) is 16.1. The van der Waals surface area contributed by atoms with Crippen molar-refractivity contribution in [2.75, 3.05) is 16.8 Å². The van der Waals surface area contributed by atoms with Gasteiger partial charge in [0, 0.05) is 40.3 Å². The van der Waals surface area contributed by atoms with Crippen molar-refractivity contribution in [1.29, 1.82) is 0 Å². The summed E-state index contributed by atoms with van der Waals surface area (Å²) >= 11 is 5.11. The summed E-state index contributed by atoms with van der Waals surface area (Å²) in [4.78, 5) is 27.4.